The van der Waals surface area contributed by atoms with Gasteiger partial charge in [-0.05, 0) is 43.3 Å². The molecule has 3 rings (SSSR count). The van der Waals surface area contributed by atoms with Gasteiger partial charge in [-0.3, -0.25) is 19.7 Å². The molecule has 2 N–H and O–H groups in total. The number of benzene rings is 2. The molecule has 0 aliphatic rings. The number of halogens is 3. The number of hydrogen-bond acceptors (Lipinski definition) is 5. The molecule has 2 amide bonds. The molecule has 0 saturated heterocycles. The minimum atomic E-state index is -4.85. The van der Waals surface area contributed by atoms with Crippen LogP contribution in [-0.2, 0) is 6.18 Å². The van der Waals surface area contributed by atoms with Gasteiger partial charge in [0.1, 0.15) is 0 Å². The second-order valence-corrected chi connectivity index (χ2v) is 6.40. The Morgan fingerprint density at radius 1 is 1.03 bits per heavy atom. The van der Waals surface area contributed by atoms with Crippen molar-refractivity contribution in [3.63, 3.8) is 0 Å². The molecule has 160 valence electrons. The lowest BCUT2D eigenvalue weighted by atomic mass is 10.1. The second kappa shape index (κ2) is 8.30. The first-order valence-corrected chi connectivity index (χ1v) is 8.69. The molecule has 8 nitrogen and oxygen atoms in total. The first-order valence-electron chi connectivity index (χ1n) is 8.69. The maximum Gasteiger partial charge on any atom is 0.418 e. The average molecular weight is 433 g/mol. The molecule has 11 heteroatoms. The average Bonchev–Trinajstić information content (AvgIpc) is 3.23. The number of carbonyl (C=O) groups excluding carboxylic acids is 2. The van der Waals surface area contributed by atoms with Crippen molar-refractivity contribution in [1.82, 2.24) is 0 Å². The highest BCUT2D eigenvalue weighted by molar-refractivity contribution is 6.06. The van der Waals surface area contributed by atoms with Gasteiger partial charge in [0.15, 0.2) is 5.76 Å². The molecular formula is C20H14F3N3O5. The van der Waals surface area contributed by atoms with Crippen LogP contribution in [0.5, 0.6) is 0 Å². The third-order valence-electron chi connectivity index (χ3n) is 4.24. The Kier molecular flexibility index (Phi) is 5.77. The van der Waals surface area contributed by atoms with E-state index in [2.05, 4.69) is 10.6 Å². The fourth-order valence-electron chi connectivity index (χ4n) is 2.71. The van der Waals surface area contributed by atoms with Crippen LogP contribution in [0, 0.1) is 17.0 Å². The zero-order chi connectivity index (χ0) is 22.8. The van der Waals surface area contributed by atoms with Crippen LogP contribution >= 0.6 is 0 Å². The van der Waals surface area contributed by atoms with Gasteiger partial charge in [0.25, 0.3) is 17.5 Å². The number of aryl methyl sites for hydroxylation is 1. The highest BCUT2D eigenvalue weighted by Gasteiger charge is 2.34. The molecular weight excluding hydrogens is 419 g/mol. The first kappa shape index (κ1) is 21.6. The zero-order valence-corrected chi connectivity index (χ0v) is 15.8. The van der Waals surface area contributed by atoms with Crippen molar-refractivity contribution in [2.45, 2.75) is 13.1 Å². The Balaban J connectivity index is 1.88. The highest BCUT2D eigenvalue weighted by Crippen LogP contribution is 2.37. The predicted octanol–water partition coefficient (Wildman–Crippen LogP) is 5.02. The highest BCUT2D eigenvalue weighted by atomic mass is 19.4. The predicted molar refractivity (Wildman–Crippen MR) is 104 cm³/mol. The molecule has 3 aromatic rings. The Bertz CT molecular complexity index is 1160. The van der Waals surface area contributed by atoms with Crippen LogP contribution in [0.1, 0.15) is 32.0 Å². The molecule has 0 aliphatic heterocycles. The lowest BCUT2D eigenvalue weighted by Gasteiger charge is -2.16. The summed E-state index contributed by atoms with van der Waals surface area (Å²) in [6.07, 6.45) is -3.61. The number of rotatable bonds is 5. The molecule has 0 radical (unpaired) electrons. The van der Waals surface area contributed by atoms with Gasteiger partial charge in [-0.1, -0.05) is 6.07 Å². The smallest absolute Gasteiger partial charge is 0.418 e. The van der Waals surface area contributed by atoms with Crippen molar-refractivity contribution in [2.75, 3.05) is 10.6 Å². The topological polar surface area (TPSA) is 114 Å². The molecule has 0 atom stereocenters. The van der Waals surface area contributed by atoms with Crippen molar-refractivity contribution in [3.8, 4) is 0 Å². The Labute approximate surface area is 172 Å². The monoisotopic (exact) mass is 433 g/mol. The van der Waals surface area contributed by atoms with Crippen molar-refractivity contribution in [3.05, 3.63) is 87.4 Å². The van der Waals surface area contributed by atoms with Crippen molar-refractivity contribution < 1.29 is 32.1 Å². The van der Waals surface area contributed by atoms with Gasteiger partial charge in [0, 0.05) is 22.9 Å². The largest absolute Gasteiger partial charge is 0.459 e. The van der Waals surface area contributed by atoms with E-state index in [1.54, 1.807) is 0 Å². The van der Waals surface area contributed by atoms with Crippen molar-refractivity contribution in [2.24, 2.45) is 0 Å². The van der Waals surface area contributed by atoms with E-state index in [0.717, 1.165) is 12.1 Å². The molecule has 0 bridgehead atoms. The maximum absolute atomic E-state index is 13.5. The van der Waals surface area contributed by atoms with Gasteiger partial charge in [-0.2, -0.15) is 13.2 Å². The minimum Gasteiger partial charge on any atom is -0.459 e. The van der Waals surface area contributed by atoms with Crippen LogP contribution in [0.2, 0.25) is 0 Å². The number of nitro benzene ring substituents is 1. The lowest BCUT2D eigenvalue weighted by molar-refractivity contribution is -0.385. The number of furan rings is 1. The third-order valence-corrected chi connectivity index (χ3v) is 4.24. The van der Waals surface area contributed by atoms with Crippen molar-refractivity contribution >= 4 is 28.9 Å². The molecule has 0 saturated carbocycles. The van der Waals surface area contributed by atoms with Crippen LogP contribution in [0.3, 0.4) is 0 Å². The fourth-order valence-corrected chi connectivity index (χ4v) is 2.71. The quantitative estimate of drug-likeness (QED) is 0.433. The van der Waals surface area contributed by atoms with Crippen LogP contribution in [-0.4, -0.2) is 16.7 Å². The normalized spacial score (nSPS) is 11.1. The van der Waals surface area contributed by atoms with E-state index in [1.165, 1.54) is 43.5 Å². The molecule has 0 aliphatic carbocycles. The number of nitro groups is 1. The van der Waals surface area contributed by atoms with Gasteiger partial charge in [0.2, 0.25) is 0 Å². The summed E-state index contributed by atoms with van der Waals surface area (Å²) in [6, 6.07) is 9.17. The summed E-state index contributed by atoms with van der Waals surface area (Å²) in [5.41, 5.74) is -2.16. The number of carbonyl (C=O) groups is 2. The van der Waals surface area contributed by atoms with Crippen LogP contribution in [0.4, 0.5) is 30.2 Å². The number of alkyl halides is 3. The van der Waals surface area contributed by atoms with Gasteiger partial charge in [-0.15, -0.1) is 0 Å². The third kappa shape index (κ3) is 4.89. The summed E-state index contributed by atoms with van der Waals surface area (Å²) in [6.45, 7) is 1.47. The van der Waals surface area contributed by atoms with E-state index >= 15 is 0 Å². The van der Waals surface area contributed by atoms with Gasteiger partial charge >= 0.3 is 6.18 Å². The SMILES string of the molecule is Cc1ccc(C(=O)Nc2ccc(NC(=O)c3ccco3)cc2C(F)(F)F)cc1[N+](=O)[O-]. The Morgan fingerprint density at radius 2 is 1.77 bits per heavy atom. The van der Waals surface area contributed by atoms with Gasteiger partial charge < -0.3 is 15.1 Å². The Hall–Kier alpha value is -4.15. The van der Waals surface area contributed by atoms with Gasteiger partial charge in [0.05, 0.1) is 22.4 Å². The summed E-state index contributed by atoms with van der Waals surface area (Å²) in [5.74, 6) is -1.80. The molecule has 0 unspecified atom stereocenters. The van der Waals surface area contributed by atoms with Gasteiger partial charge in [-0.25, -0.2) is 0 Å². The number of nitrogens with one attached hydrogen (secondary N) is 2. The van der Waals surface area contributed by atoms with Crippen LogP contribution in [0.15, 0.2) is 59.2 Å². The molecule has 0 spiro atoms. The van der Waals surface area contributed by atoms with Crippen LogP contribution < -0.4 is 10.6 Å². The first-order chi connectivity index (χ1) is 14.6. The molecule has 1 aromatic heterocycles. The zero-order valence-electron chi connectivity index (χ0n) is 15.8. The van der Waals surface area contributed by atoms with E-state index in [1.807, 2.05) is 0 Å². The van der Waals surface area contributed by atoms with Crippen molar-refractivity contribution in [1.29, 1.82) is 0 Å². The summed E-state index contributed by atoms with van der Waals surface area (Å²) in [7, 11) is 0. The molecule has 0 fully saturated rings. The molecule has 1 heterocycles. The summed E-state index contributed by atoms with van der Waals surface area (Å²) in [4.78, 5) is 34.7. The van der Waals surface area contributed by atoms with E-state index in [-0.39, 0.29) is 22.7 Å². The number of nitrogens with zero attached hydrogens (tertiary/aromatic N) is 1. The fraction of sp³-hybridized carbons (Fsp3) is 0.100. The standard InChI is InChI=1S/C20H14F3N3O5/c1-11-4-5-12(9-16(11)26(29)30)18(27)25-15-7-6-13(10-14(15)20(21,22)23)24-19(28)17-3-2-8-31-17/h2-10H,1H3,(H,24,28)(H,25,27). The lowest BCUT2D eigenvalue weighted by Crippen LogP contribution is -2.18. The number of anilines is 2. The summed E-state index contributed by atoms with van der Waals surface area (Å²) >= 11 is 0. The van der Waals surface area contributed by atoms with E-state index in [0.29, 0.717) is 11.6 Å². The van der Waals surface area contributed by atoms with Crippen LogP contribution in [0.25, 0.3) is 0 Å². The molecule has 31 heavy (non-hydrogen) atoms. The van der Waals surface area contributed by atoms with E-state index < -0.39 is 34.2 Å². The Morgan fingerprint density at radius 3 is 2.39 bits per heavy atom. The number of hydrogen-bond donors (Lipinski definition) is 2. The van der Waals surface area contributed by atoms with E-state index in [9.17, 15) is 32.9 Å². The maximum atomic E-state index is 13.5. The summed E-state index contributed by atoms with van der Waals surface area (Å²) in [5, 5.41) is 15.4. The van der Waals surface area contributed by atoms with E-state index in [4.69, 9.17) is 4.42 Å². The second-order valence-electron chi connectivity index (χ2n) is 6.40. The minimum absolute atomic E-state index is 0.0908. The number of amides is 2. The molecule has 2 aromatic carbocycles. The summed E-state index contributed by atoms with van der Waals surface area (Å²) < 4.78 is 45.5.